The van der Waals surface area contributed by atoms with Crippen LogP contribution in [-0.4, -0.2) is 51.6 Å². The summed E-state index contributed by atoms with van der Waals surface area (Å²) in [6, 6.07) is 9.52. The summed E-state index contributed by atoms with van der Waals surface area (Å²) in [6.45, 7) is 2.46. The largest absolute Gasteiger partial charge is 0.368 e. The van der Waals surface area contributed by atoms with Gasteiger partial charge in [-0.15, -0.1) is 11.3 Å². The molecule has 1 saturated heterocycles. The van der Waals surface area contributed by atoms with Gasteiger partial charge in [0.1, 0.15) is 16.8 Å². The van der Waals surface area contributed by atoms with Gasteiger partial charge in [0.2, 0.25) is 0 Å². The zero-order valence-electron chi connectivity index (χ0n) is 15.1. The fourth-order valence-electron chi connectivity index (χ4n) is 3.29. The number of hydrogen-bond acceptors (Lipinski definition) is 7. The molecule has 3 heterocycles. The molecule has 8 heteroatoms. The topological polar surface area (TPSA) is 71.0 Å². The number of carbonyl (C=O) groups is 1. The van der Waals surface area contributed by atoms with Crippen LogP contribution in [0.2, 0.25) is 0 Å². The molecule has 0 radical (unpaired) electrons. The normalized spacial score (nSPS) is 15.2. The molecule has 140 valence electrons. The molecular weight excluding hydrogens is 378 g/mol. The van der Waals surface area contributed by atoms with Gasteiger partial charge in [0.05, 0.1) is 0 Å². The van der Waals surface area contributed by atoms with Gasteiger partial charge >= 0.3 is 0 Å². The quantitative estimate of drug-likeness (QED) is 0.659. The molecule has 0 saturated carbocycles. The van der Waals surface area contributed by atoms with Gasteiger partial charge in [-0.1, -0.05) is 30.0 Å². The lowest BCUT2D eigenvalue weighted by Gasteiger charge is -2.32. The number of piperidine rings is 1. The summed E-state index contributed by atoms with van der Waals surface area (Å²) in [5.74, 6) is 1.53. The number of rotatable bonds is 5. The van der Waals surface area contributed by atoms with Crippen LogP contribution >= 0.6 is 23.1 Å². The summed E-state index contributed by atoms with van der Waals surface area (Å²) in [5, 5.41) is 3.48. The van der Waals surface area contributed by atoms with Crippen molar-refractivity contribution in [3.8, 4) is 0 Å². The van der Waals surface area contributed by atoms with E-state index in [1.54, 1.807) is 29.4 Å². The number of benzene rings is 1. The third-order valence-corrected chi connectivity index (χ3v) is 6.86. The Morgan fingerprint density at radius 3 is 2.78 bits per heavy atom. The van der Waals surface area contributed by atoms with E-state index in [4.69, 9.17) is 0 Å². The maximum atomic E-state index is 12.5. The number of nitrogens with one attached hydrogen (secondary N) is 1. The smallest absolute Gasteiger partial charge is 0.253 e. The third-order valence-electron chi connectivity index (χ3n) is 4.83. The summed E-state index contributed by atoms with van der Waals surface area (Å²) in [6.07, 6.45) is 5.58. The molecule has 1 N–H and O–H groups in total. The van der Waals surface area contributed by atoms with Gasteiger partial charge in [-0.05, 0) is 37.1 Å². The lowest BCUT2D eigenvalue weighted by molar-refractivity contribution is 0.0695. The number of carbonyl (C=O) groups excluding carboxylic acids is 1. The van der Waals surface area contributed by atoms with Crippen molar-refractivity contribution in [3.05, 3.63) is 42.2 Å². The van der Waals surface area contributed by atoms with E-state index in [2.05, 4.69) is 20.3 Å². The molecule has 0 unspecified atom stereocenters. The summed E-state index contributed by atoms with van der Waals surface area (Å²) in [4.78, 5) is 27.7. The Morgan fingerprint density at radius 1 is 1.26 bits per heavy atom. The van der Waals surface area contributed by atoms with Crippen LogP contribution < -0.4 is 5.32 Å². The molecule has 4 rings (SSSR count). The van der Waals surface area contributed by atoms with Crippen molar-refractivity contribution in [2.75, 3.05) is 31.2 Å². The van der Waals surface area contributed by atoms with Crippen LogP contribution in [0.15, 0.2) is 41.0 Å². The van der Waals surface area contributed by atoms with Crippen LogP contribution in [0.3, 0.4) is 0 Å². The van der Waals surface area contributed by atoms with Crippen LogP contribution in [-0.2, 0) is 0 Å². The lowest BCUT2D eigenvalue weighted by atomic mass is 9.96. The second-order valence-electron chi connectivity index (χ2n) is 6.54. The van der Waals surface area contributed by atoms with Gasteiger partial charge < -0.3 is 10.2 Å². The van der Waals surface area contributed by atoms with Crippen molar-refractivity contribution in [1.29, 1.82) is 0 Å². The molecule has 2 aromatic heterocycles. The third kappa shape index (κ3) is 4.06. The maximum absolute atomic E-state index is 12.5. The Labute approximate surface area is 166 Å². The highest BCUT2D eigenvalue weighted by molar-refractivity contribution is 8.00. The molecule has 0 bridgehead atoms. The molecular formula is C19H21N5OS2. The number of aromatic nitrogens is 3. The second-order valence-corrected chi connectivity index (χ2v) is 8.59. The highest BCUT2D eigenvalue weighted by atomic mass is 32.2. The molecule has 0 aliphatic carbocycles. The van der Waals surface area contributed by atoms with E-state index in [9.17, 15) is 4.79 Å². The summed E-state index contributed by atoms with van der Waals surface area (Å²) >= 11 is 3.25. The number of fused-ring (bicyclic) bond motifs is 1. The number of amides is 1. The predicted molar refractivity (Wildman–Crippen MR) is 111 cm³/mol. The van der Waals surface area contributed by atoms with Crippen LogP contribution in [0.1, 0.15) is 23.2 Å². The fraction of sp³-hybridized carbons (Fsp3) is 0.368. The van der Waals surface area contributed by atoms with Crippen molar-refractivity contribution < 1.29 is 4.79 Å². The molecule has 3 aromatic rings. The number of thioether (sulfide) groups is 1. The molecule has 1 aliphatic rings. The zero-order chi connectivity index (χ0) is 18.6. The number of likely N-dealkylation sites (tertiary alicyclic amines) is 1. The number of nitrogens with zero attached hydrogens (tertiary/aromatic N) is 4. The van der Waals surface area contributed by atoms with Crippen LogP contribution in [0.4, 0.5) is 5.82 Å². The van der Waals surface area contributed by atoms with Crippen molar-refractivity contribution in [2.45, 2.75) is 17.2 Å². The Kier molecular flexibility index (Phi) is 5.54. The highest BCUT2D eigenvalue weighted by Gasteiger charge is 2.23. The predicted octanol–water partition coefficient (Wildman–Crippen LogP) is 3.77. The van der Waals surface area contributed by atoms with Crippen molar-refractivity contribution in [1.82, 2.24) is 19.9 Å². The fourth-order valence-corrected chi connectivity index (χ4v) is 4.77. The Hall–Kier alpha value is -2.19. The minimum absolute atomic E-state index is 0.133. The van der Waals surface area contributed by atoms with E-state index in [1.807, 2.05) is 41.5 Å². The minimum atomic E-state index is 0.133. The molecule has 27 heavy (non-hydrogen) atoms. The van der Waals surface area contributed by atoms with E-state index >= 15 is 0 Å². The van der Waals surface area contributed by atoms with Crippen molar-refractivity contribution in [2.24, 2.45) is 5.92 Å². The summed E-state index contributed by atoms with van der Waals surface area (Å²) in [5.41, 5.74) is 1.53. The van der Waals surface area contributed by atoms with Crippen molar-refractivity contribution in [3.63, 3.8) is 0 Å². The molecule has 1 aliphatic heterocycles. The molecule has 1 amide bonds. The Morgan fingerprint density at radius 2 is 2.04 bits per heavy atom. The maximum Gasteiger partial charge on any atom is 0.253 e. The van der Waals surface area contributed by atoms with E-state index < -0.39 is 0 Å². The first-order chi connectivity index (χ1) is 13.2. The number of anilines is 1. The van der Waals surface area contributed by atoms with Crippen molar-refractivity contribution >= 4 is 45.2 Å². The zero-order valence-corrected chi connectivity index (χ0v) is 16.7. The van der Waals surface area contributed by atoms with Gasteiger partial charge in [-0.3, -0.25) is 4.79 Å². The molecule has 0 spiro atoms. The monoisotopic (exact) mass is 399 g/mol. The van der Waals surface area contributed by atoms with Gasteiger partial charge in [0.25, 0.3) is 5.91 Å². The van der Waals surface area contributed by atoms with E-state index in [0.717, 1.165) is 58.5 Å². The molecule has 1 fully saturated rings. The second kappa shape index (κ2) is 8.22. The van der Waals surface area contributed by atoms with Crippen LogP contribution in [0.5, 0.6) is 0 Å². The average molecular weight is 400 g/mol. The first-order valence-electron chi connectivity index (χ1n) is 8.98. The van der Waals surface area contributed by atoms with Gasteiger partial charge in [0.15, 0.2) is 9.99 Å². The molecule has 1 aromatic carbocycles. The van der Waals surface area contributed by atoms with Crippen LogP contribution in [0.25, 0.3) is 10.3 Å². The Balaban J connectivity index is 1.34. The van der Waals surface area contributed by atoms with E-state index in [-0.39, 0.29) is 5.91 Å². The lowest BCUT2D eigenvalue weighted by Crippen LogP contribution is -2.39. The molecule has 6 nitrogen and oxygen atoms in total. The minimum Gasteiger partial charge on any atom is -0.368 e. The number of thiazole rings is 1. The molecule has 0 atom stereocenters. The van der Waals surface area contributed by atoms with Crippen LogP contribution in [0, 0.1) is 5.92 Å². The Bertz CT molecular complexity index is 922. The van der Waals surface area contributed by atoms with Gasteiger partial charge in [-0.25, -0.2) is 15.0 Å². The first kappa shape index (κ1) is 18.2. The summed E-state index contributed by atoms with van der Waals surface area (Å²) < 4.78 is 2.01. The standard InChI is InChI=1S/C19H21N5OS2/c1-26-19-23-17-15(27-19)16(21-12-22-17)20-11-13-7-9-24(10-8-13)18(25)14-5-3-2-4-6-14/h2-6,12-13H,7-11H2,1H3,(H,20,21,22). The van der Waals surface area contributed by atoms with Gasteiger partial charge in [-0.2, -0.15) is 0 Å². The average Bonchev–Trinajstić information content (AvgIpc) is 3.17. The first-order valence-corrected chi connectivity index (χ1v) is 11.0. The summed E-state index contributed by atoms with van der Waals surface area (Å²) in [7, 11) is 0. The highest BCUT2D eigenvalue weighted by Crippen LogP contribution is 2.31. The van der Waals surface area contributed by atoms with E-state index in [0.29, 0.717) is 5.92 Å². The van der Waals surface area contributed by atoms with Gasteiger partial charge in [0, 0.05) is 25.2 Å². The number of hydrogen-bond donors (Lipinski definition) is 1. The van der Waals surface area contributed by atoms with E-state index in [1.165, 1.54) is 0 Å². The SMILES string of the molecule is CSc1nc2ncnc(NCC3CCN(C(=O)c4ccccc4)CC3)c2s1.